The van der Waals surface area contributed by atoms with Crippen molar-refractivity contribution in [3.05, 3.63) is 77.1 Å². The van der Waals surface area contributed by atoms with Crippen molar-refractivity contribution in [3.63, 3.8) is 0 Å². The van der Waals surface area contributed by atoms with Crippen LogP contribution in [0.2, 0.25) is 0 Å². The number of pyridine rings is 1. The Bertz CT molecular complexity index is 3450. The number of nitrogens with one attached hydrogen (secondary N) is 1. The molecule has 19 heteroatoms. The summed E-state index contributed by atoms with van der Waals surface area (Å²) in [6.45, 7) is 5.16. The van der Waals surface area contributed by atoms with E-state index in [2.05, 4.69) is 38.1 Å². The first-order chi connectivity index (χ1) is 38.4. The fraction of sp³-hybridized carbons (Fsp3) is 0.517. The normalized spacial score (nSPS) is 25.8. The SMILES string of the molecule is C#Cc1c(F)ccc2cccc(-c3nc4c5c(nc(OC[C@@]67CCCN6[C@H](COC(=O)N6CC[C@H](CC8CCN(c9ccc%10c(C%11CCC(=O)NC%11=O)nn(C)c%10c9)CC8)[C@H](F)C6)CC7)nc5c3F)N3CCCOC[C@@H]3CC4)c12. The number of nitrogens with zero attached hydrogens (tertiary/aromatic N) is 9. The summed E-state index contributed by atoms with van der Waals surface area (Å²) in [5.41, 5.74) is 3.54. The largest absolute Gasteiger partial charge is 0.461 e. The van der Waals surface area contributed by atoms with Crippen LogP contribution in [0.25, 0.3) is 43.8 Å². The monoisotopic (exact) mass is 1080 g/mol. The van der Waals surface area contributed by atoms with E-state index in [1.807, 2.05) is 23.9 Å². The van der Waals surface area contributed by atoms with Crippen LogP contribution < -0.4 is 19.9 Å². The third-order valence-electron chi connectivity index (χ3n) is 18.5. The van der Waals surface area contributed by atoms with E-state index in [4.69, 9.17) is 40.7 Å². The predicted octanol–water partition coefficient (Wildman–Crippen LogP) is 8.53. The van der Waals surface area contributed by atoms with Crippen molar-refractivity contribution >= 4 is 62.0 Å². The molecule has 3 aromatic carbocycles. The molecular weight excluding hydrogens is 1010 g/mol. The first kappa shape index (κ1) is 51.4. The Balaban J connectivity index is 0.641. The van der Waals surface area contributed by atoms with Gasteiger partial charge >= 0.3 is 12.1 Å². The standard InChI is InChI=1S/C60H65F3N10O6/c1-3-41-45(61)14-9-36-7-4-8-43(50(36)41)54-52(63)55-51-47(64-54)15-11-39-32-77-28-6-23-72(39)56(51)67-58(66-55)79-34-60-21-5-24-73(60)40(17-22-60)33-78-59(76)71-27-20-37(46(62)31-71)29-35-18-25-70(26-19-35)38-10-12-42-48(30-38)69(2)68-53(42)44-13-16-49(74)65-57(44)75/h1,4,7-10,12,14,30,35,37,39-40,44,46H,5-6,11,13,15-29,31-34H2,2H3,(H,65,74,75)/t37-,39+,40+,44?,46-,60+/m1/s1. The van der Waals surface area contributed by atoms with Crippen molar-refractivity contribution in [2.75, 3.05) is 75.5 Å². The van der Waals surface area contributed by atoms with Crippen LogP contribution >= 0.6 is 0 Å². The number of terminal acetylenes is 1. The van der Waals surface area contributed by atoms with Gasteiger partial charge in [-0.15, -0.1) is 6.42 Å². The number of aryl methyl sites for hydroxylation is 2. The molecule has 6 saturated heterocycles. The maximum Gasteiger partial charge on any atom is 0.409 e. The van der Waals surface area contributed by atoms with Gasteiger partial charge in [-0.3, -0.25) is 24.5 Å². The fourth-order valence-corrected chi connectivity index (χ4v) is 14.3. The molecule has 0 aliphatic carbocycles. The summed E-state index contributed by atoms with van der Waals surface area (Å²) in [4.78, 5) is 61.4. The third-order valence-corrected chi connectivity index (χ3v) is 18.5. The number of amides is 3. The Morgan fingerprint density at radius 2 is 1.81 bits per heavy atom. The van der Waals surface area contributed by atoms with E-state index >= 15 is 13.2 Å². The van der Waals surface area contributed by atoms with E-state index in [0.717, 1.165) is 87.6 Å². The number of ether oxygens (including phenoxy) is 3. The van der Waals surface area contributed by atoms with E-state index in [9.17, 15) is 14.4 Å². The molecule has 3 aromatic heterocycles. The molecule has 6 fully saturated rings. The van der Waals surface area contributed by atoms with Crippen molar-refractivity contribution in [2.45, 2.75) is 113 Å². The lowest BCUT2D eigenvalue weighted by molar-refractivity contribution is -0.134. The molecule has 0 saturated carbocycles. The van der Waals surface area contributed by atoms with Gasteiger partial charge in [-0.1, -0.05) is 30.2 Å². The molecule has 1 unspecified atom stereocenters. The van der Waals surface area contributed by atoms with Gasteiger partial charge in [-0.2, -0.15) is 15.1 Å². The first-order valence-corrected chi connectivity index (χ1v) is 28.4. The molecule has 412 valence electrons. The van der Waals surface area contributed by atoms with E-state index in [0.29, 0.717) is 103 Å². The summed E-state index contributed by atoms with van der Waals surface area (Å²) in [6.07, 6.45) is 13.6. The Morgan fingerprint density at radius 1 is 0.937 bits per heavy atom. The van der Waals surface area contributed by atoms with Gasteiger partial charge < -0.3 is 28.9 Å². The minimum Gasteiger partial charge on any atom is -0.461 e. The van der Waals surface area contributed by atoms with E-state index in [-0.39, 0.29) is 77.9 Å². The minimum absolute atomic E-state index is 0.0189. The fourth-order valence-electron chi connectivity index (χ4n) is 14.3. The number of fused-ring (bicyclic) bond motifs is 5. The summed E-state index contributed by atoms with van der Waals surface area (Å²) in [5, 5.41) is 9.68. The second-order valence-corrected chi connectivity index (χ2v) is 23.0. The van der Waals surface area contributed by atoms with Crippen molar-refractivity contribution in [3.8, 4) is 29.6 Å². The van der Waals surface area contributed by atoms with Crippen LogP contribution in [0.1, 0.15) is 99.9 Å². The van der Waals surface area contributed by atoms with Gasteiger partial charge in [0.1, 0.15) is 42.2 Å². The van der Waals surface area contributed by atoms with Gasteiger partial charge in [-0.25, -0.2) is 22.9 Å². The van der Waals surface area contributed by atoms with Crippen LogP contribution in [-0.2, 0) is 32.5 Å². The number of anilines is 2. The number of imide groups is 1. The average molecular weight is 1080 g/mol. The number of hydrogen-bond acceptors (Lipinski definition) is 13. The highest BCUT2D eigenvalue weighted by atomic mass is 19.1. The number of rotatable bonds is 10. The lowest BCUT2D eigenvalue weighted by Gasteiger charge is -2.39. The molecule has 6 atom stereocenters. The molecule has 3 amide bonds. The Morgan fingerprint density at radius 3 is 2.65 bits per heavy atom. The minimum atomic E-state index is -1.14. The number of carbonyl (C=O) groups is 3. The van der Waals surface area contributed by atoms with Gasteiger partial charge in [-0.05, 0) is 125 Å². The van der Waals surface area contributed by atoms with Crippen molar-refractivity contribution < 1.29 is 41.8 Å². The molecule has 13 rings (SSSR count). The number of benzene rings is 3. The first-order valence-electron chi connectivity index (χ1n) is 28.4. The van der Waals surface area contributed by atoms with Gasteiger partial charge in [0.25, 0.3) is 0 Å². The summed E-state index contributed by atoms with van der Waals surface area (Å²) in [6, 6.07) is 14.5. The molecule has 10 heterocycles. The summed E-state index contributed by atoms with van der Waals surface area (Å²) in [5.74, 6) is 1.08. The lowest BCUT2D eigenvalue weighted by Crippen LogP contribution is -2.49. The smallest absolute Gasteiger partial charge is 0.409 e. The zero-order valence-electron chi connectivity index (χ0n) is 44.5. The van der Waals surface area contributed by atoms with Crippen LogP contribution in [-0.4, -0.2) is 142 Å². The molecule has 0 bridgehead atoms. The molecule has 7 aliphatic heterocycles. The Labute approximate surface area is 456 Å². The molecule has 6 aromatic rings. The molecule has 0 spiro atoms. The van der Waals surface area contributed by atoms with Crippen molar-refractivity contribution in [2.24, 2.45) is 18.9 Å². The molecule has 1 N–H and O–H groups in total. The highest BCUT2D eigenvalue weighted by molar-refractivity contribution is 6.04. The van der Waals surface area contributed by atoms with Crippen LogP contribution in [0, 0.1) is 35.8 Å². The van der Waals surface area contributed by atoms with Crippen LogP contribution in [0.3, 0.4) is 0 Å². The van der Waals surface area contributed by atoms with Crippen molar-refractivity contribution in [1.29, 1.82) is 0 Å². The average Bonchev–Trinajstić information content (AvgIpc) is 4.26. The van der Waals surface area contributed by atoms with Gasteiger partial charge in [0.05, 0.1) is 58.5 Å². The molecule has 79 heavy (non-hydrogen) atoms. The van der Waals surface area contributed by atoms with Gasteiger partial charge in [0.2, 0.25) is 11.8 Å². The third kappa shape index (κ3) is 9.35. The van der Waals surface area contributed by atoms with Crippen LogP contribution in [0.15, 0.2) is 48.5 Å². The molecular formula is C60H65F3N10O6. The number of likely N-dealkylation sites (tertiary alicyclic amines) is 1. The number of aromatic nitrogens is 5. The van der Waals surface area contributed by atoms with Crippen LogP contribution in [0.4, 0.5) is 29.5 Å². The second-order valence-electron chi connectivity index (χ2n) is 23.0. The lowest BCUT2D eigenvalue weighted by atomic mass is 9.82. The highest BCUT2D eigenvalue weighted by Crippen LogP contribution is 2.45. The maximum atomic E-state index is 17.5. The van der Waals surface area contributed by atoms with Gasteiger partial charge in [0, 0.05) is 74.3 Å². The highest BCUT2D eigenvalue weighted by Gasteiger charge is 2.50. The maximum absolute atomic E-state index is 17.5. The Kier molecular flexibility index (Phi) is 13.6. The molecule has 0 radical (unpaired) electrons. The van der Waals surface area contributed by atoms with E-state index in [1.54, 1.807) is 18.2 Å². The second kappa shape index (κ2) is 20.9. The van der Waals surface area contributed by atoms with E-state index < -0.39 is 29.8 Å². The van der Waals surface area contributed by atoms with Crippen molar-refractivity contribution in [1.82, 2.24) is 39.8 Å². The summed E-state index contributed by atoms with van der Waals surface area (Å²) >= 11 is 0. The number of hydrogen-bond donors (Lipinski definition) is 1. The van der Waals surface area contributed by atoms with Crippen LogP contribution in [0.5, 0.6) is 6.01 Å². The molecule has 7 aliphatic rings. The van der Waals surface area contributed by atoms with Gasteiger partial charge in [0.15, 0.2) is 5.82 Å². The number of piperidine rings is 3. The zero-order chi connectivity index (χ0) is 54.1. The Hall–Kier alpha value is -7.04. The number of carbonyl (C=O) groups excluding carboxylic acids is 3. The topological polar surface area (TPSA) is 160 Å². The molecule has 16 nitrogen and oxygen atoms in total. The predicted molar refractivity (Wildman–Crippen MR) is 292 cm³/mol. The number of alkyl halides is 1. The number of halogens is 3. The summed E-state index contributed by atoms with van der Waals surface area (Å²) < 4.78 is 69.1. The van der Waals surface area contributed by atoms with E-state index in [1.165, 1.54) is 11.0 Å². The summed E-state index contributed by atoms with van der Waals surface area (Å²) in [7, 11) is 1.88. The quantitative estimate of drug-likeness (QED) is 0.103. The zero-order valence-corrected chi connectivity index (χ0v) is 44.5.